The molecule has 0 aliphatic carbocycles. The largest absolute Gasteiger partial charge is 0.324 e. The maximum absolute atomic E-state index is 13.4. The van der Waals surface area contributed by atoms with Gasteiger partial charge in [-0.2, -0.15) is 0 Å². The van der Waals surface area contributed by atoms with Crippen molar-refractivity contribution in [3.05, 3.63) is 102 Å². The van der Waals surface area contributed by atoms with Crippen molar-refractivity contribution in [3.8, 4) is 11.1 Å². The van der Waals surface area contributed by atoms with Crippen molar-refractivity contribution in [3.63, 3.8) is 0 Å². The molecular weight excluding hydrogens is 447 g/mol. The highest BCUT2D eigenvalue weighted by Gasteiger charge is 2.28. The summed E-state index contributed by atoms with van der Waals surface area (Å²) >= 11 is 1.05. The number of nitrogens with one attached hydrogen (secondary N) is 1. The summed E-state index contributed by atoms with van der Waals surface area (Å²) in [7, 11) is -4.00. The third-order valence-electron chi connectivity index (χ3n) is 4.73. The topological polar surface area (TPSA) is 66.5 Å². The van der Waals surface area contributed by atoms with E-state index in [4.69, 9.17) is 0 Å². The average molecular weight is 467 g/mol. The van der Waals surface area contributed by atoms with E-state index >= 15 is 0 Å². The van der Waals surface area contributed by atoms with Crippen molar-refractivity contribution in [2.24, 2.45) is 0 Å². The maximum atomic E-state index is 13.4. The van der Waals surface area contributed by atoms with Crippen LogP contribution in [0.1, 0.15) is 0 Å². The highest BCUT2D eigenvalue weighted by Crippen LogP contribution is 2.29. The summed E-state index contributed by atoms with van der Waals surface area (Å²) in [6, 6.07) is 25.0. The third kappa shape index (κ3) is 4.71. The fourth-order valence-electron chi connectivity index (χ4n) is 3.22. The number of anilines is 2. The second-order valence-corrected chi connectivity index (χ2v) is 9.92. The van der Waals surface area contributed by atoms with E-state index in [1.54, 1.807) is 23.6 Å². The lowest BCUT2D eigenvalue weighted by atomic mass is 10.0. The fourth-order valence-corrected chi connectivity index (χ4v) is 5.75. The Morgan fingerprint density at radius 1 is 0.875 bits per heavy atom. The average Bonchev–Trinajstić information content (AvgIpc) is 3.35. The maximum Gasteiger partial charge on any atom is 0.274 e. The number of benzene rings is 3. The number of rotatable bonds is 7. The summed E-state index contributed by atoms with van der Waals surface area (Å²) in [6.07, 6.45) is 0. The van der Waals surface area contributed by atoms with Gasteiger partial charge >= 0.3 is 0 Å². The summed E-state index contributed by atoms with van der Waals surface area (Å²) in [5, 5.41) is 4.47. The lowest BCUT2D eigenvalue weighted by Crippen LogP contribution is -2.37. The first kappa shape index (κ1) is 21.7. The number of sulfonamides is 1. The molecule has 0 atom stereocenters. The summed E-state index contributed by atoms with van der Waals surface area (Å²) in [5.74, 6) is -1.01. The van der Waals surface area contributed by atoms with Crippen molar-refractivity contribution in [1.29, 1.82) is 0 Å². The predicted octanol–water partition coefficient (Wildman–Crippen LogP) is 5.39. The third-order valence-corrected chi connectivity index (χ3v) is 7.87. The highest BCUT2D eigenvalue weighted by atomic mass is 32.2. The van der Waals surface area contributed by atoms with Crippen LogP contribution in [0, 0.1) is 5.82 Å². The molecule has 0 unspecified atom stereocenters. The number of halogens is 1. The molecule has 4 rings (SSSR count). The van der Waals surface area contributed by atoms with E-state index in [1.807, 2.05) is 42.5 Å². The Bertz CT molecular complexity index is 1310. The summed E-state index contributed by atoms with van der Waals surface area (Å²) in [4.78, 5) is 13.0. The van der Waals surface area contributed by atoms with E-state index in [1.165, 1.54) is 18.2 Å². The standard InChI is InChI=1S/C24H19FN2O3S2/c25-19-12-14-20(15-13-19)27(32(29,30)24-11-6-16-31-24)17-23(28)26-22-10-5-4-9-21(22)18-7-2-1-3-8-18/h1-16H,17H2,(H,26,28). The van der Waals surface area contributed by atoms with Crippen LogP contribution >= 0.6 is 11.3 Å². The number of nitrogens with zero attached hydrogens (tertiary/aromatic N) is 1. The van der Waals surface area contributed by atoms with Gasteiger partial charge in [0.2, 0.25) is 5.91 Å². The molecule has 5 nitrogen and oxygen atoms in total. The molecule has 32 heavy (non-hydrogen) atoms. The summed E-state index contributed by atoms with van der Waals surface area (Å²) in [6.45, 7) is -0.463. The number of amides is 1. The minimum absolute atomic E-state index is 0.0966. The van der Waals surface area contributed by atoms with Gasteiger partial charge in [-0.25, -0.2) is 12.8 Å². The Morgan fingerprint density at radius 2 is 1.56 bits per heavy atom. The molecule has 8 heteroatoms. The molecule has 0 saturated heterocycles. The van der Waals surface area contributed by atoms with Gasteiger partial charge < -0.3 is 5.32 Å². The van der Waals surface area contributed by atoms with Crippen LogP contribution in [0.5, 0.6) is 0 Å². The molecule has 1 N–H and O–H groups in total. The van der Waals surface area contributed by atoms with E-state index in [9.17, 15) is 17.6 Å². The molecule has 0 aliphatic heterocycles. The molecule has 0 aliphatic rings. The molecule has 162 valence electrons. The van der Waals surface area contributed by atoms with E-state index in [0.29, 0.717) is 5.69 Å². The zero-order chi connectivity index (χ0) is 22.6. The highest BCUT2D eigenvalue weighted by molar-refractivity contribution is 7.94. The molecule has 4 aromatic rings. The van der Waals surface area contributed by atoms with Crippen molar-refractivity contribution in [1.82, 2.24) is 0 Å². The van der Waals surface area contributed by atoms with Gasteiger partial charge in [-0.3, -0.25) is 9.10 Å². The molecule has 0 radical (unpaired) electrons. The van der Waals surface area contributed by atoms with Crippen LogP contribution in [-0.2, 0) is 14.8 Å². The number of hydrogen-bond acceptors (Lipinski definition) is 4. The van der Waals surface area contributed by atoms with Gasteiger partial charge in [0.15, 0.2) is 0 Å². The molecule has 0 spiro atoms. The first-order valence-corrected chi connectivity index (χ1v) is 12.0. The molecule has 1 heterocycles. The number of hydrogen-bond donors (Lipinski definition) is 1. The Balaban J connectivity index is 1.64. The van der Waals surface area contributed by atoms with Crippen molar-refractivity contribution in [2.45, 2.75) is 4.21 Å². The monoisotopic (exact) mass is 466 g/mol. The second-order valence-electron chi connectivity index (χ2n) is 6.88. The van der Waals surface area contributed by atoms with Gasteiger partial charge in [0.25, 0.3) is 10.0 Å². The first-order chi connectivity index (χ1) is 15.4. The molecular formula is C24H19FN2O3S2. The molecule has 1 aromatic heterocycles. The van der Waals surface area contributed by atoms with Crippen LogP contribution in [0.15, 0.2) is 101 Å². The van der Waals surface area contributed by atoms with E-state index in [-0.39, 0.29) is 9.90 Å². The molecule has 3 aromatic carbocycles. The van der Waals surface area contributed by atoms with E-state index < -0.39 is 28.3 Å². The lowest BCUT2D eigenvalue weighted by Gasteiger charge is -2.23. The lowest BCUT2D eigenvalue weighted by molar-refractivity contribution is -0.114. The van der Waals surface area contributed by atoms with Gasteiger partial charge in [0.1, 0.15) is 16.6 Å². The number of para-hydroxylation sites is 1. The van der Waals surface area contributed by atoms with Crippen LogP contribution in [0.25, 0.3) is 11.1 Å². The Kier molecular flexibility index (Phi) is 6.34. The Hall–Kier alpha value is -3.49. The van der Waals surface area contributed by atoms with Crippen molar-refractivity contribution >= 4 is 38.6 Å². The second kappa shape index (κ2) is 9.33. The Labute approximate surface area is 189 Å². The van der Waals surface area contributed by atoms with E-state index in [0.717, 1.165) is 38.9 Å². The number of thiophene rings is 1. The van der Waals surface area contributed by atoms with Crippen molar-refractivity contribution < 1.29 is 17.6 Å². The normalized spacial score (nSPS) is 11.2. The number of carbonyl (C=O) groups is 1. The minimum Gasteiger partial charge on any atom is -0.324 e. The van der Waals surface area contributed by atoms with E-state index in [2.05, 4.69) is 5.32 Å². The van der Waals surface area contributed by atoms with Crippen LogP contribution in [-0.4, -0.2) is 20.9 Å². The van der Waals surface area contributed by atoms with Gasteiger partial charge in [-0.05, 0) is 47.3 Å². The molecule has 0 fully saturated rings. The molecule has 0 bridgehead atoms. The van der Waals surface area contributed by atoms with Crippen molar-refractivity contribution in [2.75, 3.05) is 16.2 Å². The van der Waals surface area contributed by atoms with Crippen LogP contribution in [0.2, 0.25) is 0 Å². The molecule has 0 saturated carbocycles. The fraction of sp³-hybridized carbons (Fsp3) is 0.0417. The van der Waals surface area contributed by atoms with Crippen LogP contribution < -0.4 is 9.62 Å². The zero-order valence-corrected chi connectivity index (χ0v) is 18.4. The van der Waals surface area contributed by atoms with Gasteiger partial charge in [0.05, 0.1) is 5.69 Å². The quantitative estimate of drug-likeness (QED) is 0.397. The summed E-state index contributed by atoms with van der Waals surface area (Å²) < 4.78 is 40.9. The molecule has 1 amide bonds. The van der Waals surface area contributed by atoms with Crippen LogP contribution in [0.4, 0.5) is 15.8 Å². The minimum atomic E-state index is -4.00. The SMILES string of the molecule is O=C(CN(c1ccc(F)cc1)S(=O)(=O)c1cccs1)Nc1ccccc1-c1ccccc1. The number of carbonyl (C=O) groups excluding carboxylic acids is 1. The first-order valence-electron chi connectivity index (χ1n) is 9.71. The summed E-state index contributed by atoms with van der Waals surface area (Å²) in [5.41, 5.74) is 2.50. The predicted molar refractivity (Wildman–Crippen MR) is 126 cm³/mol. The van der Waals surface area contributed by atoms with Gasteiger partial charge in [0, 0.05) is 11.3 Å². The Morgan fingerprint density at radius 3 is 2.25 bits per heavy atom. The zero-order valence-electron chi connectivity index (χ0n) is 16.8. The van der Waals surface area contributed by atoms with Gasteiger partial charge in [-0.1, -0.05) is 54.6 Å². The van der Waals surface area contributed by atoms with Gasteiger partial charge in [-0.15, -0.1) is 11.3 Å². The van der Waals surface area contributed by atoms with Crippen LogP contribution in [0.3, 0.4) is 0 Å². The smallest absolute Gasteiger partial charge is 0.274 e.